The van der Waals surface area contributed by atoms with Crippen LogP contribution in [0.5, 0.6) is 0 Å². The second-order valence-corrected chi connectivity index (χ2v) is 8.57. The summed E-state index contributed by atoms with van der Waals surface area (Å²) in [6.45, 7) is 0.500. The minimum absolute atomic E-state index is 0.0197. The zero-order chi connectivity index (χ0) is 25.4. The number of aliphatic carboxylic acids is 1. The summed E-state index contributed by atoms with van der Waals surface area (Å²) in [6, 6.07) is 4.52. The van der Waals surface area contributed by atoms with Gasteiger partial charge in [0.2, 0.25) is 11.8 Å². The highest BCUT2D eigenvalue weighted by Gasteiger charge is 2.27. The average Bonchev–Trinajstić information content (AvgIpc) is 3.52. The van der Waals surface area contributed by atoms with Crippen molar-refractivity contribution in [1.29, 1.82) is 0 Å². The van der Waals surface area contributed by atoms with E-state index in [4.69, 9.17) is 27.6 Å². The van der Waals surface area contributed by atoms with Gasteiger partial charge in [0, 0.05) is 19.2 Å². The number of furan rings is 1. The third-order valence-electron chi connectivity index (χ3n) is 5.20. The maximum Gasteiger partial charge on any atom is 0.328 e. The highest BCUT2D eigenvalue weighted by Crippen LogP contribution is 2.27. The number of carbonyl (C=O) groups is 4. The van der Waals surface area contributed by atoms with Crippen molar-refractivity contribution in [1.82, 2.24) is 21.3 Å². The molecule has 1 aliphatic heterocycles. The molecule has 0 unspecified atom stereocenters. The molecule has 1 aromatic carbocycles. The maximum absolute atomic E-state index is 12.7. The van der Waals surface area contributed by atoms with Crippen LogP contribution in [-0.2, 0) is 20.9 Å². The molecule has 1 aliphatic rings. The predicted molar refractivity (Wildman–Crippen MR) is 129 cm³/mol. The Bertz CT molecular complexity index is 1090. The van der Waals surface area contributed by atoms with Crippen LogP contribution < -0.4 is 21.3 Å². The largest absolute Gasteiger partial charge is 0.480 e. The molecule has 35 heavy (non-hydrogen) atoms. The van der Waals surface area contributed by atoms with Gasteiger partial charge in [0.25, 0.3) is 5.91 Å². The van der Waals surface area contributed by atoms with Gasteiger partial charge in [-0.1, -0.05) is 23.2 Å². The van der Waals surface area contributed by atoms with Gasteiger partial charge in [0.1, 0.15) is 11.8 Å². The molecule has 1 fully saturated rings. The molecule has 2 heterocycles. The fourth-order valence-electron chi connectivity index (χ4n) is 3.40. The number of carboxylic acids is 1. The smallest absolute Gasteiger partial charge is 0.328 e. The second kappa shape index (κ2) is 12.4. The Kier molecular flexibility index (Phi) is 9.30. The Morgan fingerprint density at radius 2 is 1.94 bits per heavy atom. The molecule has 2 atom stereocenters. The van der Waals surface area contributed by atoms with Gasteiger partial charge in [-0.15, -0.1) is 0 Å². The third-order valence-corrected chi connectivity index (χ3v) is 5.79. The molecule has 0 saturated carbocycles. The highest BCUT2D eigenvalue weighted by atomic mass is 35.5. The minimum atomic E-state index is -1.39. The Morgan fingerprint density at radius 1 is 1.20 bits per heavy atom. The maximum atomic E-state index is 12.7. The number of halogens is 2. The summed E-state index contributed by atoms with van der Waals surface area (Å²) in [5.41, 5.74) is 0.415. The number of amides is 3. The summed E-state index contributed by atoms with van der Waals surface area (Å²) in [4.78, 5) is 48.4. The Morgan fingerprint density at radius 3 is 2.54 bits per heavy atom. The molecule has 3 amide bonds. The van der Waals surface area contributed by atoms with Crippen molar-refractivity contribution in [3.05, 3.63) is 63.5 Å². The number of rotatable bonds is 10. The van der Waals surface area contributed by atoms with Crippen molar-refractivity contribution in [3.8, 4) is 0 Å². The van der Waals surface area contributed by atoms with Gasteiger partial charge in [0.05, 0.1) is 27.9 Å². The lowest BCUT2D eigenvalue weighted by molar-refractivity contribution is -0.139. The number of carboxylic acid groups (broad SMARTS) is 1. The number of hydrogen-bond acceptors (Lipinski definition) is 6. The van der Waals surface area contributed by atoms with E-state index in [0.29, 0.717) is 17.7 Å². The van der Waals surface area contributed by atoms with E-state index in [0.717, 1.165) is 13.0 Å². The summed E-state index contributed by atoms with van der Waals surface area (Å²) in [7, 11) is 0. The number of nitrogens with one attached hydrogen (secondary N) is 4. The first-order valence-corrected chi connectivity index (χ1v) is 11.5. The van der Waals surface area contributed by atoms with Gasteiger partial charge in [-0.25, -0.2) is 4.79 Å². The minimum Gasteiger partial charge on any atom is -0.480 e. The monoisotopic (exact) mass is 522 g/mol. The average molecular weight is 523 g/mol. The van der Waals surface area contributed by atoms with E-state index in [1.54, 1.807) is 12.1 Å². The Hall–Kier alpha value is -3.34. The second-order valence-electron chi connectivity index (χ2n) is 7.76. The molecule has 5 N–H and O–H groups in total. The van der Waals surface area contributed by atoms with E-state index in [9.17, 15) is 24.3 Å². The number of hydrogen-bond donors (Lipinski definition) is 5. The Balaban J connectivity index is 1.58. The van der Waals surface area contributed by atoms with E-state index in [-0.39, 0.29) is 46.6 Å². The van der Waals surface area contributed by atoms with Gasteiger partial charge in [-0.05, 0) is 55.3 Å². The van der Waals surface area contributed by atoms with Gasteiger partial charge >= 0.3 is 5.97 Å². The van der Waals surface area contributed by atoms with Crippen LogP contribution in [0, 0.1) is 0 Å². The first-order valence-electron chi connectivity index (χ1n) is 10.8. The lowest BCUT2D eigenvalue weighted by Gasteiger charge is -2.18. The van der Waals surface area contributed by atoms with Gasteiger partial charge in [-0.2, -0.15) is 0 Å². The number of carbonyl (C=O) groups excluding carboxylic acids is 3. The quantitative estimate of drug-likeness (QED) is 0.299. The molecule has 2 aromatic rings. The SMILES string of the molecule is O=C(C=Cc1ccco1)NCc1cc(Cl)c(C(=O)N[C@@H](CNC(=O)[C@@H]2CCCN2)C(=O)O)c(Cl)c1. The van der Waals surface area contributed by atoms with Crippen LogP contribution in [0.2, 0.25) is 10.0 Å². The molecule has 12 heteroatoms. The van der Waals surface area contributed by atoms with Crippen molar-refractivity contribution >= 4 is 53.0 Å². The molecule has 0 spiro atoms. The summed E-state index contributed by atoms with van der Waals surface area (Å²) >= 11 is 12.5. The van der Waals surface area contributed by atoms with Crippen molar-refractivity contribution < 1.29 is 28.7 Å². The molecule has 186 valence electrons. The molecule has 0 aliphatic carbocycles. The van der Waals surface area contributed by atoms with Crippen molar-refractivity contribution in [2.45, 2.75) is 31.5 Å². The van der Waals surface area contributed by atoms with Gasteiger partial charge < -0.3 is 30.8 Å². The molecular formula is C23H24Cl2N4O6. The van der Waals surface area contributed by atoms with Crippen LogP contribution >= 0.6 is 23.2 Å². The molecule has 0 bridgehead atoms. The molecular weight excluding hydrogens is 499 g/mol. The summed E-state index contributed by atoms with van der Waals surface area (Å²) in [5, 5.41) is 19.9. The Labute approximate surface area is 211 Å². The standard InChI is InChI=1S/C23H24Cl2N4O6/c24-15-9-13(11-27-19(30)6-5-14-3-2-8-35-14)10-16(25)20(15)22(32)29-18(23(33)34)12-28-21(31)17-4-1-7-26-17/h2-3,5-6,8-10,17-18,26H,1,4,7,11-12H2,(H,27,30)(H,28,31)(H,29,32)(H,33,34)/t17-,18-/m0/s1. The van der Waals surface area contributed by atoms with Crippen molar-refractivity contribution in [3.63, 3.8) is 0 Å². The summed E-state index contributed by atoms with van der Waals surface area (Å²) in [6.07, 6.45) is 5.82. The normalized spacial score (nSPS) is 16.1. The van der Waals surface area contributed by atoms with Crippen LogP contribution in [0.1, 0.15) is 34.5 Å². The first kappa shape index (κ1) is 26.3. The van der Waals surface area contributed by atoms with Gasteiger partial charge in [0.15, 0.2) is 0 Å². The topological polar surface area (TPSA) is 150 Å². The van der Waals surface area contributed by atoms with Crippen LogP contribution in [0.3, 0.4) is 0 Å². The van der Waals surface area contributed by atoms with Crippen LogP contribution in [0.25, 0.3) is 6.08 Å². The molecule has 0 radical (unpaired) electrons. The van der Waals surface area contributed by atoms with Crippen LogP contribution in [0.4, 0.5) is 0 Å². The molecule has 10 nitrogen and oxygen atoms in total. The molecule has 1 aromatic heterocycles. The first-order chi connectivity index (χ1) is 16.7. The zero-order valence-corrected chi connectivity index (χ0v) is 20.0. The van der Waals surface area contributed by atoms with E-state index in [1.165, 1.54) is 30.5 Å². The van der Waals surface area contributed by atoms with Crippen molar-refractivity contribution in [2.24, 2.45) is 0 Å². The lowest BCUT2D eigenvalue weighted by atomic mass is 10.1. The fourth-order valence-corrected chi connectivity index (χ4v) is 4.11. The van der Waals surface area contributed by atoms with Crippen LogP contribution in [0.15, 0.2) is 41.0 Å². The lowest BCUT2D eigenvalue weighted by Crippen LogP contribution is -2.51. The molecule has 1 saturated heterocycles. The third kappa shape index (κ3) is 7.57. The molecule has 3 rings (SSSR count). The summed E-state index contributed by atoms with van der Waals surface area (Å²) < 4.78 is 5.11. The fraction of sp³-hybridized carbons (Fsp3) is 0.304. The summed E-state index contributed by atoms with van der Waals surface area (Å²) in [5.74, 6) is -2.32. The van der Waals surface area contributed by atoms with E-state index < -0.39 is 17.9 Å². The van der Waals surface area contributed by atoms with E-state index in [2.05, 4.69) is 21.3 Å². The van der Waals surface area contributed by atoms with E-state index in [1.807, 2.05) is 0 Å². The van der Waals surface area contributed by atoms with Gasteiger partial charge in [-0.3, -0.25) is 14.4 Å². The number of benzene rings is 1. The highest BCUT2D eigenvalue weighted by molar-refractivity contribution is 6.39. The zero-order valence-electron chi connectivity index (χ0n) is 18.5. The van der Waals surface area contributed by atoms with Crippen molar-refractivity contribution in [2.75, 3.05) is 13.1 Å². The van der Waals surface area contributed by atoms with E-state index >= 15 is 0 Å². The predicted octanol–water partition coefficient (Wildman–Crippen LogP) is 1.97. The van der Waals surface area contributed by atoms with Crippen LogP contribution in [-0.4, -0.2) is 54.0 Å².